The molecule has 0 bridgehead atoms. The van der Waals surface area contributed by atoms with Gasteiger partial charge in [-0.1, -0.05) is 42.5 Å². The highest BCUT2D eigenvalue weighted by molar-refractivity contribution is 14.1. The molecule has 0 amide bonds. The van der Waals surface area contributed by atoms with E-state index < -0.39 is 0 Å². The molecule has 2 aromatic rings. The lowest BCUT2D eigenvalue weighted by Gasteiger charge is -2.14. The molecule has 120 valence electrons. The minimum Gasteiger partial charge on any atom is -0.463 e. The van der Waals surface area contributed by atoms with Crippen molar-refractivity contribution < 1.29 is 9.53 Å². The smallest absolute Gasteiger partial charge is 0.336 e. The maximum absolute atomic E-state index is 12.3. The fraction of sp³-hybridized carbons (Fsp3) is 0.211. The van der Waals surface area contributed by atoms with Crippen LogP contribution in [-0.2, 0) is 16.0 Å². The molecule has 0 atom stereocenters. The molecule has 1 N–H and O–H groups in total. The van der Waals surface area contributed by atoms with E-state index in [1.807, 2.05) is 68.4 Å². The standard InChI is InChI=1S/C19H20INO2/c1-3-23-19(22)16(13-15-9-5-4-6-10-15)14(2)21-18-12-8-7-11-17(18)20/h4-12,21H,3,13H2,1-2H3/b16-14-. The summed E-state index contributed by atoms with van der Waals surface area (Å²) in [5, 5.41) is 3.34. The van der Waals surface area contributed by atoms with Crippen LogP contribution < -0.4 is 5.32 Å². The fourth-order valence-corrected chi connectivity index (χ4v) is 2.74. The minimum atomic E-state index is -0.271. The SMILES string of the molecule is CCOC(=O)/C(Cc1ccccc1)=C(/C)Nc1ccccc1I. The zero-order chi connectivity index (χ0) is 16.7. The lowest BCUT2D eigenvalue weighted by atomic mass is 10.0. The van der Waals surface area contributed by atoms with Crippen LogP contribution in [-0.4, -0.2) is 12.6 Å². The molecule has 0 radical (unpaired) electrons. The van der Waals surface area contributed by atoms with Crippen molar-refractivity contribution in [2.75, 3.05) is 11.9 Å². The van der Waals surface area contributed by atoms with Crippen molar-refractivity contribution in [1.82, 2.24) is 0 Å². The van der Waals surface area contributed by atoms with Crippen LogP contribution in [0.5, 0.6) is 0 Å². The van der Waals surface area contributed by atoms with Gasteiger partial charge in [0.2, 0.25) is 0 Å². The first-order valence-corrected chi connectivity index (χ1v) is 8.62. The number of anilines is 1. The molecule has 0 fully saturated rings. The van der Waals surface area contributed by atoms with Gasteiger partial charge in [0.1, 0.15) is 0 Å². The van der Waals surface area contributed by atoms with Gasteiger partial charge in [-0.05, 0) is 54.1 Å². The second-order valence-electron chi connectivity index (χ2n) is 5.09. The van der Waals surface area contributed by atoms with E-state index in [0.29, 0.717) is 18.6 Å². The zero-order valence-corrected chi connectivity index (χ0v) is 15.5. The molecule has 3 nitrogen and oxygen atoms in total. The van der Waals surface area contributed by atoms with Gasteiger partial charge in [0, 0.05) is 15.7 Å². The van der Waals surface area contributed by atoms with Crippen LogP contribution in [0.3, 0.4) is 0 Å². The zero-order valence-electron chi connectivity index (χ0n) is 13.3. The summed E-state index contributed by atoms with van der Waals surface area (Å²) in [4.78, 5) is 12.3. The van der Waals surface area contributed by atoms with Gasteiger partial charge in [-0.2, -0.15) is 0 Å². The Morgan fingerprint density at radius 3 is 2.39 bits per heavy atom. The maximum atomic E-state index is 12.3. The molecule has 0 spiro atoms. The van der Waals surface area contributed by atoms with Gasteiger partial charge in [0.05, 0.1) is 17.9 Å². The number of para-hydroxylation sites is 1. The summed E-state index contributed by atoms with van der Waals surface area (Å²) >= 11 is 2.27. The van der Waals surface area contributed by atoms with Crippen molar-refractivity contribution >= 4 is 34.2 Å². The summed E-state index contributed by atoms with van der Waals surface area (Å²) in [6, 6.07) is 17.9. The van der Waals surface area contributed by atoms with E-state index in [0.717, 1.165) is 20.5 Å². The largest absolute Gasteiger partial charge is 0.463 e. The fourth-order valence-electron chi connectivity index (χ4n) is 2.22. The third-order valence-electron chi connectivity index (χ3n) is 3.39. The van der Waals surface area contributed by atoms with Crippen LogP contribution >= 0.6 is 22.6 Å². The number of ether oxygens (including phenoxy) is 1. The Bertz CT molecular complexity index is 696. The van der Waals surface area contributed by atoms with Crippen molar-refractivity contribution in [2.24, 2.45) is 0 Å². The van der Waals surface area contributed by atoms with Gasteiger partial charge in [0.25, 0.3) is 0 Å². The van der Waals surface area contributed by atoms with Crippen LogP contribution in [0, 0.1) is 3.57 Å². The number of nitrogens with one attached hydrogen (secondary N) is 1. The number of carbonyl (C=O) groups is 1. The Morgan fingerprint density at radius 2 is 1.74 bits per heavy atom. The maximum Gasteiger partial charge on any atom is 0.336 e. The monoisotopic (exact) mass is 421 g/mol. The lowest BCUT2D eigenvalue weighted by molar-refractivity contribution is -0.138. The van der Waals surface area contributed by atoms with Crippen molar-refractivity contribution in [3.05, 3.63) is 75.0 Å². The number of benzene rings is 2. The molecular weight excluding hydrogens is 401 g/mol. The number of hydrogen-bond acceptors (Lipinski definition) is 3. The van der Waals surface area contributed by atoms with E-state index in [2.05, 4.69) is 27.9 Å². The van der Waals surface area contributed by atoms with Crippen LogP contribution in [0.2, 0.25) is 0 Å². The Morgan fingerprint density at radius 1 is 1.09 bits per heavy atom. The summed E-state index contributed by atoms with van der Waals surface area (Å²) in [7, 11) is 0. The second-order valence-corrected chi connectivity index (χ2v) is 6.25. The molecule has 0 aliphatic rings. The van der Waals surface area contributed by atoms with E-state index in [9.17, 15) is 4.79 Å². The summed E-state index contributed by atoms with van der Waals surface area (Å²) in [5.41, 5.74) is 3.54. The van der Waals surface area contributed by atoms with E-state index in [4.69, 9.17) is 4.74 Å². The highest BCUT2D eigenvalue weighted by Crippen LogP contribution is 2.21. The van der Waals surface area contributed by atoms with Crippen LogP contribution in [0.4, 0.5) is 5.69 Å². The average Bonchev–Trinajstić information content (AvgIpc) is 2.56. The number of hydrogen-bond donors (Lipinski definition) is 1. The van der Waals surface area contributed by atoms with E-state index >= 15 is 0 Å². The van der Waals surface area contributed by atoms with Gasteiger partial charge in [0.15, 0.2) is 0 Å². The third kappa shape index (κ3) is 5.10. The molecule has 0 aliphatic carbocycles. The minimum absolute atomic E-state index is 0.271. The van der Waals surface area contributed by atoms with E-state index in [-0.39, 0.29) is 5.97 Å². The van der Waals surface area contributed by atoms with E-state index in [1.54, 1.807) is 0 Å². The average molecular weight is 421 g/mol. The van der Waals surface area contributed by atoms with E-state index in [1.165, 1.54) is 0 Å². The quantitative estimate of drug-likeness (QED) is 0.415. The van der Waals surface area contributed by atoms with Crippen molar-refractivity contribution in [3.8, 4) is 0 Å². The molecule has 0 saturated heterocycles. The van der Waals surface area contributed by atoms with Crippen molar-refractivity contribution in [2.45, 2.75) is 20.3 Å². The molecule has 4 heteroatoms. The summed E-state index contributed by atoms with van der Waals surface area (Å²) < 4.78 is 6.33. The van der Waals surface area contributed by atoms with Crippen LogP contribution in [0.1, 0.15) is 19.4 Å². The lowest BCUT2D eigenvalue weighted by Crippen LogP contribution is -2.15. The highest BCUT2D eigenvalue weighted by atomic mass is 127. The summed E-state index contributed by atoms with van der Waals surface area (Å²) in [6.45, 7) is 4.10. The molecule has 0 saturated carbocycles. The molecule has 0 unspecified atom stereocenters. The Labute approximate surface area is 150 Å². The number of carbonyl (C=O) groups excluding carboxylic acids is 1. The topological polar surface area (TPSA) is 38.3 Å². The predicted octanol–water partition coefficient (Wildman–Crippen LogP) is 4.78. The first-order chi connectivity index (χ1) is 11.1. The van der Waals surface area contributed by atoms with Crippen LogP contribution in [0.25, 0.3) is 0 Å². The van der Waals surface area contributed by atoms with Gasteiger partial charge in [-0.25, -0.2) is 4.79 Å². The molecule has 0 aromatic heterocycles. The van der Waals surface area contributed by atoms with Crippen LogP contribution in [0.15, 0.2) is 65.9 Å². The third-order valence-corrected chi connectivity index (χ3v) is 4.33. The summed E-state index contributed by atoms with van der Waals surface area (Å²) in [5.74, 6) is -0.271. The normalized spacial score (nSPS) is 11.6. The van der Waals surface area contributed by atoms with Gasteiger partial charge < -0.3 is 10.1 Å². The van der Waals surface area contributed by atoms with Crippen molar-refractivity contribution in [3.63, 3.8) is 0 Å². The second kappa shape index (κ2) is 8.72. The number of allylic oxidation sites excluding steroid dienone is 1. The number of esters is 1. The summed E-state index contributed by atoms with van der Waals surface area (Å²) in [6.07, 6.45) is 0.544. The predicted molar refractivity (Wildman–Crippen MR) is 102 cm³/mol. The van der Waals surface area contributed by atoms with Crippen molar-refractivity contribution in [1.29, 1.82) is 0 Å². The molecule has 2 rings (SSSR count). The van der Waals surface area contributed by atoms with Gasteiger partial charge >= 0.3 is 5.97 Å². The number of halogens is 1. The molecule has 2 aromatic carbocycles. The molecule has 0 aliphatic heterocycles. The van der Waals surface area contributed by atoms with Gasteiger partial charge in [-0.15, -0.1) is 0 Å². The first kappa shape index (κ1) is 17.5. The first-order valence-electron chi connectivity index (χ1n) is 7.54. The number of rotatable bonds is 6. The molecule has 0 heterocycles. The Kier molecular flexibility index (Phi) is 6.65. The van der Waals surface area contributed by atoms with Gasteiger partial charge in [-0.3, -0.25) is 0 Å². The molecule has 23 heavy (non-hydrogen) atoms. The highest BCUT2D eigenvalue weighted by Gasteiger charge is 2.15. The Hall–Kier alpha value is -1.82. The molecular formula is C19H20INO2. The Balaban J connectivity index is 2.30.